The fourth-order valence-corrected chi connectivity index (χ4v) is 3.65. The summed E-state index contributed by atoms with van der Waals surface area (Å²) in [6.45, 7) is 3.77. The Morgan fingerprint density at radius 2 is 2.00 bits per heavy atom. The molecule has 0 aliphatic carbocycles. The maximum atomic E-state index is 14.4. The van der Waals surface area contributed by atoms with Gasteiger partial charge in [0, 0.05) is 6.20 Å². The lowest BCUT2D eigenvalue weighted by Crippen LogP contribution is -2.27. The van der Waals surface area contributed by atoms with Gasteiger partial charge in [0.1, 0.15) is 35.2 Å². The maximum Gasteiger partial charge on any atom is 0.257 e. The standard InChI is InChI=1S/C25H21ClFN3O3/c1-15(17-7-5-9-19(13-17)32-14-18-8-3-4-12-28-18)29-25(31)22-16(2)33-30-24(22)23-20(26)10-6-11-21(23)27/h3-13,15H,14H2,1-2H3,(H,29,31). The highest BCUT2D eigenvalue weighted by atomic mass is 35.5. The van der Waals surface area contributed by atoms with Crippen LogP contribution in [0.4, 0.5) is 4.39 Å². The summed E-state index contributed by atoms with van der Waals surface area (Å²) in [5, 5.41) is 6.95. The van der Waals surface area contributed by atoms with Gasteiger partial charge in [0.2, 0.25) is 0 Å². The zero-order valence-corrected chi connectivity index (χ0v) is 18.8. The summed E-state index contributed by atoms with van der Waals surface area (Å²) in [6, 6.07) is 16.9. The van der Waals surface area contributed by atoms with Crippen LogP contribution in [0, 0.1) is 12.7 Å². The van der Waals surface area contributed by atoms with Crippen LogP contribution in [0.3, 0.4) is 0 Å². The van der Waals surface area contributed by atoms with E-state index in [1.165, 1.54) is 18.2 Å². The van der Waals surface area contributed by atoms with Crippen LogP contribution in [0.1, 0.15) is 40.3 Å². The first-order valence-electron chi connectivity index (χ1n) is 10.3. The first-order chi connectivity index (χ1) is 15.9. The van der Waals surface area contributed by atoms with Crippen molar-refractivity contribution in [3.05, 3.63) is 100 Å². The number of carbonyl (C=O) groups is 1. The number of ether oxygens (including phenoxy) is 1. The molecule has 0 spiro atoms. The summed E-state index contributed by atoms with van der Waals surface area (Å²) >= 11 is 6.17. The molecule has 1 N–H and O–H groups in total. The van der Waals surface area contributed by atoms with Crippen LogP contribution in [-0.2, 0) is 6.61 Å². The van der Waals surface area contributed by atoms with E-state index in [1.807, 2.05) is 49.4 Å². The minimum Gasteiger partial charge on any atom is -0.487 e. The number of aryl methyl sites for hydroxylation is 1. The normalized spacial score (nSPS) is 11.8. The second-order valence-electron chi connectivity index (χ2n) is 7.44. The maximum absolute atomic E-state index is 14.4. The molecule has 2 aromatic heterocycles. The molecule has 1 amide bonds. The summed E-state index contributed by atoms with van der Waals surface area (Å²) in [7, 11) is 0. The number of amides is 1. The van der Waals surface area contributed by atoms with E-state index in [0.717, 1.165) is 11.3 Å². The van der Waals surface area contributed by atoms with Gasteiger partial charge in [0.25, 0.3) is 5.91 Å². The summed E-state index contributed by atoms with van der Waals surface area (Å²) < 4.78 is 25.5. The van der Waals surface area contributed by atoms with E-state index in [2.05, 4.69) is 15.5 Å². The molecule has 6 nitrogen and oxygen atoms in total. The van der Waals surface area contributed by atoms with Gasteiger partial charge in [-0.15, -0.1) is 0 Å². The third-order valence-corrected chi connectivity index (χ3v) is 5.42. The van der Waals surface area contributed by atoms with Crippen LogP contribution >= 0.6 is 11.6 Å². The fraction of sp³-hybridized carbons (Fsp3) is 0.160. The Kier molecular flexibility index (Phi) is 6.70. The van der Waals surface area contributed by atoms with Crippen LogP contribution in [-0.4, -0.2) is 16.0 Å². The number of halogens is 2. The van der Waals surface area contributed by atoms with E-state index in [-0.39, 0.29) is 33.6 Å². The molecular weight excluding hydrogens is 445 g/mol. The largest absolute Gasteiger partial charge is 0.487 e. The van der Waals surface area contributed by atoms with Crippen molar-refractivity contribution in [3.8, 4) is 17.0 Å². The van der Waals surface area contributed by atoms with E-state index in [0.29, 0.717) is 12.4 Å². The van der Waals surface area contributed by atoms with E-state index < -0.39 is 11.7 Å². The molecule has 0 fully saturated rings. The third kappa shape index (κ3) is 5.04. The lowest BCUT2D eigenvalue weighted by atomic mass is 10.0. The van der Waals surface area contributed by atoms with Crippen molar-refractivity contribution in [2.45, 2.75) is 26.5 Å². The number of hydrogen-bond acceptors (Lipinski definition) is 5. The Morgan fingerprint density at radius 3 is 2.76 bits per heavy atom. The lowest BCUT2D eigenvalue weighted by molar-refractivity contribution is 0.0939. The molecule has 1 atom stereocenters. The number of benzene rings is 2. The number of nitrogens with zero attached hydrogens (tertiary/aromatic N) is 2. The number of carbonyl (C=O) groups excluding carboxylic acids is 1. The number of nitrogens with one attached hydrogen (secondary N) is 1. The van der Waals surface area contributed by atoms with Crippen LogP contribution in [0.25, 0.3) is 11.3 Å². The van der Waals surface area contributed by atoms with Gasteiger partial charge in [-0.1, -0.05) is 41.0 Å². The number of pyridine rings is 1. The molecule has 1 unspecified atom stereocenters. The van der Waals surface area contributed by atoms with Gasteiger partial charge in [-0.25, -0.2) is 4.39 Å². The molecule has 33 heavy (non-hydrogen) atoms. The van der Waals surface area contributed by atoms with E-state index in [4.69, 9.17) is 20.9 Å². The molecule has 0 saturated carbocycles. The molecule has 8 heteroatoms. The fourth-order valence-electron chi connectivity index (χ4n) is 3.40. The van der Waals surface area contributed by atoms with E-state index >= 15 is 0 Å². The highest BCUT2D eigenvalue weighted by molar-refractivity contribution is 6.33. The second kappa shape index (κ2) is 9.83. The van der Waals surface area contributed by atoms with Crippen molar-refractivity contribution >= 4 is 17.5 Å². The smallest absolute Gasteiger partial charge is 0.257 e. The average molecular weight is 466 g/mol. The van der Waals surface area contributed by atoms with Gasteiger partial charge < -0.3 is 14.6 Å². The Morgan fingerprint density at radius 1 is 1.18 bits per heavy atom. The van der Waals surface area contributed by atoms with Crippen molar-refractivity contribution < 1.29 is 18.4 Å². The summed E-state index contributed by atoms with van der Waals surface area (Å²) in [5.41, 5.74) is 1.87. The first-order valence-corrected chi connectivity index (χ1v) is 10.7. The van der Waals surface area contributed by atoms with Gasteiger partial charge in [-0.05, 0) is 55.8 Å². The first kappa shape index (κ1) is 22.5. The van der Waals surface area contributed by atoms with Gasteiger partial charge in [-0.2, -0.15) is 0 Å². The van der Waals surface area contributed by atoms with Gasteiger partial charge in [0.05, 0.1) is 22.3 Å². The number of rotatable bonds is 7. The zero-order chi connectivity index (χ0) is 23.4. The van der Waals surface area contributed by atoms with Crippen molar-refractivity contribution in [2.75, 3.05) is 0 Å². The quantitative estimate of drug-likeness (QED) is 0.367. The van der Waals surface area contributed by atoms with Crippen LogP contribution < -0.4 is 10.1 Å². The molecule has 2 aromatic carbocycles. The van der Waals surface area contributed by atoms with E-state index in [1.54, 1.807) is 13.1 Å². The Bertz CT molecular complexity index is 1260. The predicted octanol–water partition coefficient (Wildman–Crippen LogP) is 5.91. The van der Waals surface area contributed by atoms with Gasteiger partial charge >= 0.3 is 0 Å². The molecule has 0 aliphatic rings. The minimum atomic E-state index is -0.587. The average Bonchev–Trinajstić information content (AvgIpc) is 3.19. The zero-order valence-electron chi connectivity index (χ0n) is 18.0. The number of hydrogen-bond donors (Lipinski definition) is 1. The third-order valence-electron chi connectivity index (χ3n) is 5.11. The molecule has 0 aliphatic heterocycles. The predicted molar refractivity (Wildman–Crippen MR) is 123 cm³/mol. The topological polar surface area (TPSA) is 77.2 Å². The summed E-state index contributed by atoms with van der Waals surface area (Å²) in [4.78, 5) is 17.3. The van der Waals surface area contributed by atoms with Gasteiger partial charge in [0.15, 0.2) is 0 Å². The van der Waals surface area contributed by atoms with E-state index in [9.17, 15) is 9.18 Å². The molecule has 4 rings (SSSR count). The SMILES string of the molecule is Cc1onc(-c2c(F)cccc2Cl)c1C(=O)NC(C)c1cccc(OCc2ccccn2)c1. The van der Waals surface area contributed by atoms with Crippen LogP contribution in [0.15, 0.2) is 71.4 Å². The van der Waals surface area contributed by atoms with Crippen molar-refractivity contribution in [1.29, 1.82) is 0 Å². The monoisotopic (exact) mass is 465 g/mol. The van der Waals surface area contributed by atoms with Crippen molar-refractivity contribution in [3.63, 3.8) is 0 Å². The molecule has 0 bridgehead atoms. The highest BCUT2D eigenvalue weighted by Crippen LogP contribution is 2.33. The molecule has 168 valence electrons. The lowest BCUT2D eigenvalue weighted by Gasteiger charge is -2.16. The summed E-state index contributed by atoms with van der Waals surface area (Å²) in [6.07, 6.45) is 1.71. The highest BCUT2D eigenvalue weighted by Gasteiger charge is 2.26. The molecule has 0 saturated heterocycles. The second-order valence-corrected chi connectivity index (χ2v) is 7.84. The Hall–Kier alpha value is -3.71. The number of aromatic nitrogens is 2. The Labute approximate surface area is 195 Å². The Balaban J connectivity index is 1.51. The van der Waals surface area contributed by atoms with Crippen LogP contribution in [0.5, 0.6) is 5.75 Å². The van der Waals surface area contributed by atoms with Gasteiger partial charge in [-0.3, -0.25) is 9.78 Å². The molecule has 0 radical (unpaired) electrons. The molecule has 2 heterocycles. The van der Waals surface area contributed by atoms with Crippen LogP contribution in [0.2, 0.25) is 5.02 Å². The summed E-state index contributed by atoms with van der Waals surface area (Å²) in [5.74, 6) is -0.119. The molecular formula is C25H21ClFN3O3. The van der Waals surface area contributed by atoms with Crippen molar-refractivity contribution in [2.24, 2.45) is 0 Å². The van der Waals surface area contributed by atoms with Crippen molar-refractivity contribution in [1.82, 2.24) is 15.5 Å². The molecule has 4 aromatic rings. The minimum absolute atomic E-state index is 0.0266.